The van der Waals surface area contributed by atoms with Crippen LogP contribution in [0.5, 0.6) is 11.5 Å². The van der Waals surface area contributed by atoms with E-state index in [-0.39, 0.29) is 18.1 Å². The van der Waals surface area contributed by atoms with Crippen LogP contribution in [-0.4, -0.2) is 31.6 Å². The Balaban J connectivity index is 2.01. The molecule has 2 N–H and O–H groups in total. The Hall–Kier alpha value is -3.29. The number of amides is 1. The Kier molecular flexibility index (Phi) is 6.37. The largest absolute Gasteiger partial charge is 0.493 e. The molecule has 2 aromatic carbocycles. The summed E-state index contributed by atoms with van der Waals surface area (Å²) in [7, 11) is 3.04. The van der Waals surface area contributed by atoms with Gasteiger partial charge in [0, 0.05) is 29.1 Å². The van der Waals surface area contributed by atoms with E-state index in [1.54, 1.807) is 30.3 Å². The third-order valence-corrected chi connectivity index (χ3v) is 3.78. The van der Waals surface area contributed by atoms with Crippen LogP contribution < -0.4 is 20.1 Å². The monoisotopic (exact) mass is 359 g/mol. The number of hydrogen-bond donors (Lipinski definition) is 2. The SMILES string of the molecule is CCc1ccc(NCC(=O)Nc2ccc(OC)c(OC)c2)cc1[N+](=O)[O-]. The van der Waals surface area contributed by atoms with Gasteiger partial charge in [-0.25, -0.2) is 0 Å². The van der Waals surface area contributed by atoms with Crippen LogP contribution in [0, 0.1) is 10.1 Å². The number of ether oxygens (including phenoxy) is 2. The molecule has 2 aromatic rings. The molecule has 1 amide bonds. The zero-order valence-electron chi connectivity index (χ0n) is 14.9. The summed E-state index contributed by atoms with van der Waals surface area (Å²) >= 11 is 0. The summed E-state index contributed by atoms with van der Waals surface area (Å²) in [5.74, 6) is 0.774. The fraction of sp³-hybridized carbons (Fsp3) is 0.278. The van der Waals surface area contributed by atoms with Gasteiger partial charge >= 0.3 is 0 Å². The van der Waals surface area contributed by atoms with Crippen molar-refractivity contribution < 1.29 is 19.2 Å². The molecule has 2 rings (SSSR count). The van der Waals surface area contributed by atoms with Crippen molar-refractivity contribution >= 4 is 23.0 Å². The van der Waals surface area contributed by atoms with Gasteiger partial charge < -0.3 is 20.1 Å². The number of nitro benzene ring substituents is 1. The second-order valence-corrected chi connectivity index (χ2v) is 5.43. The minimum absolute atomic E-state index is 0.0308. The maximum absolute atomic E-state index is 12.1. The lowest BCUT2D eigenvalue weighted by atomic mass is 10.1. The Bertz CT molecular complexity index is 807. The van der Waals surface area contributed by atoms with E-state index in [0.717, 1.165) is 0 Å². The maximum Gasteiger partial charge on any atom is 0.274 e. The molecule has 0 aliphatic rings. The van der Waals surface area contributed by atoms with Gasteiger partial charge in [0.15, 0.2) is 11.5 Å². The van der Waals surface area contributed by atoms with Crippen molar-refractivity contribution in [1.82, 2.24) is 0 Å². The first-order chi connectivity index (χ1) is 12.5. The number of aryl methyl sites for hydroxylation is 1. The third kappa shape index (κ3) is 4.62. The zero-order chi connectivity index (χ0) is 19.1. The lowest BCUT2D eigenvalue weighted by Crippen LogP contribution is -2.21. The van der Waals surface area contributed by atoms with E-state index in [1.165, 1.54) is 20.3 Å². The zero-order valence-corrected chi connectivity index (χ0v) is 14.9. The lowest BCUT2D eigenvalue weighted by Gasteiger charge is -2.11. The number of methoxy groups -OCH3 is 2. The highest BCUT2D eigenvalue weighted by atomic mass is 16.6. The van der Waals surface area contributed by atoms with E-state index in [1.807, 2.05) is 6.92 Å². The molecule has 138 valence electrons. The van der Waals surface area contributed by atoms with Crippen molar-refractivity contribution in [1.29, 1.82) is 0 Å². The molecule has 0 radical (unpaired) electrons. The topological polar surface area (TPSA) is 103 Å². The Labute approximate surface area is 151 Å². The Morgan fingerprint density at radius 1 is 1.08 bits per heavy atom. The molecular weight excluding hydrogens is 338 g/mol. The van der Waals surface area contributed by atoms with Crippen LogP contribution >= 0.6 is 0 Å². The summed E-state index contributed by atoms with van der Waals surface area (Å²) in [6, 6.07) is 9.87. The van der Waals surface area contributed by atoms with Crippen molar-refractivity contribution in [3.05, 3.63) is 52.1 Å². The molecule has 8 nitrogen and oxygen atoms in total. The highest BCUT2D eigenvalue weighted by Gasteiger charge is 2.13. The summed E-state index contributed by atoms with van der Waals surface area (Å²) in [4.78, 5) is 22.8. The molecule has 0 bridgehead atoms. The molecule has 8 heteroatoms. The molecule has 26 heavy (non-hydrogen) atoms. The van der Waals surface area contributed by atoms with Crippen LogP contribution in [0.3, 0.4) is 0 Å². The van der Waals surface area contributed by atoms with Crippen molar-refractivity contribution in [3.63, 3.8) is 0 Å². The van der Waals surface area contributed by atoms with Gasteiger partial charge in [0.2, 0.25) is 5.91 Å². The van der Waals surface area contributed by atoms with E-state index in [4.69, 9.17) is 9.47 Å². The summed E-state index contributed by atoms with van der Waals surface area (Å²) in [5, 5.41) is 16.7. The molecule has 0 saturated heterocycles. The number of nitrogens with one attached hydrogen (secondary N) is 2. The minimum Gasteiger partial charge on any atom is -0.493 e. The Morgan fingerprint density at radius 3 is 2.38 bits per heavy atom. The molecule has 0 saturated carbocycles. The number of rotatable bonds is 8. The summed E-state index contributed by atoms with van der Waals surface area (Å²) in [5.41, 5.74) is 1.76. The molecule has 0 spiro atoms. The maximum atomic E-state index is 12.1. The minimum atomic E-state index is -0.423. The fourth-order valence-corrected chi connectivity index (χ4v) is 2.44. The average molecular weight is 359 g/mol. The molecule has 0 heterocycles. The van der Waals surface area contributed by atoms with Gasteiger partial charge in [-0.1, -0.05) is 13.0 Å². The van der Waals surface area contributed by atoms with Gasteiger partial charge in [0.25, 0.3) is 5.69 Å². The van der Waals surface area contributed by atoms with Crippen LogP contribution in [0.25, 0.3) is 0 Å². The highest BCUT2D eigenvalue weighted by molar-refractivity contribution is 5.94. The first-order valence-corrected chi connectivity index (χ1v) is 8.01. The predicted octanol–water partition coefficient (Wildman–Crippen LogP) is 3.23. The average Bonchev–Trinajstić information content (AvgIpc) is 2.65. The van der Waals surface area contributed by atoms with Crippen LogP contribution in [0.4, 0.5) is 17.1 Å². The molecular formula is C18H21N3O5. The van der Waals surface area contributed by atoms with Crippen molar-refractivity contribution in [2.75, 3.05) is 31.4 Å². The van der Waals surface area contributed by atoms with Gasteiger partial charge in [0.05, 0.1) is 25.7 Å². The molecule has 0 unspecified atom stereocenters. The lowest BCUT2D eigenvalue weighted by molar-refractivity contribution is -0.385. The second-order valence-electron chi connectivity index (χ2n) is 5.43. The number of nitrogens with zero attached hydrogens (tertiary/aromatic N) is 1. The van der Waals surface area contributed by atoms with Crippen molar-refractivity contribution in [3.8, 4) is 11.5 Å². The summed E-state index contributed by atoms with van der Waals surface area (Å²) in [6.07, 6.45) is 0.566. The first-order valence-electron chi connectivity index (χ1n) is 8.01. The van der Waals surface area contributed by atoms with Crippen molar-refractivity contribution in [2.45, 2.75) is 13.3 Å². The van der Waals surface area contributed by atoms with E-state index in [0.29, 0.717) is 34.9 Å². The predicted molar refractivity (Wildman–Crippen MR) is 99.1 cm³/mol. The summed E-state index contributed by atoms with van der Waals surface area (Å²) < 4.78 is 10.3. The van der Waals surface area contributed by atoms with Crippen LogP contribution in [0.15, 0.2) is 36.4 Å². The number of benzene rings is 2. The number of anilines is 2. The standard InChI is InChI=1S/C18H21N3O5/c1-4-12-5-6-13(9-15(12)21(23)24)19-11-18(22)20-14-7-8-16(25-2)17(10-14)26-3/h5-10,19H,4,11H2,1-3H3,(H,20,22). The smallest absolute Gasteiger partial charge is 0.274 e. The second kappa shape index (κ2) is 8.70. The molecule has 0 aromatic heterocycles. The number of carbonyl (C=O) groups is 1. The van der Waals surface area contributed by atoms with Gasteiger partial charge in [-0.3, -0.25) is 14.9 Å². The molecule has 0 aliphatic heterocycles. The molecule has 0 atom stereocenters. The Morgan fingerprint density at radius 2 is 1.77 bits per heavy atom. The normalized spacial score (nSPS) is 10.1. The quantitative estimate of drug-likeness (QED) is 0.554. The van der Waals surface area contributed by atoms with E-state index in [9.17, 15) is 14.9 Å². The number of nitro groups is 1. The molecule has 0 aliphatic carbocycles. The first kappa shape index (κ1) is 19.0. The van der Waals surface area contributed by atoms with Crippen LogP contribution in [0.1, 0.15) is 12.5 Å². The third-order valence-electron chi connectivity index (χ3n) is 3.78. The highest BCUT2D eigenvalue weighted by Crippen LogP contribution is 2.29. The van der Waals surface area contributed by atoms with Gasteiger partial charge in [-0.05, 0) is 24.6 Å². The van der Waals surface area contributed by atoms with E-state index < -0.39 is 4.92 Å². The van der Waals surface area contributed by atoms with E-state index >= 15 is 0 Å². The van der Waals surface area contributed by atoms with Crippen molar-refractivity contribution in [2.24, 2.45) is 0 Å². The van der Waals surface area contributed by atoms with Crippen LogP contribution in [0.2, 0.25) is 0 Å². The number of carbonyl (C=O) groups excluding carboxylic acids is 1. The fourth-order valence-electron chi connectivity index (χ4n) is 2.44. The van der Waals surface area contributed by atoms with Crippen LogP contribution in [-0.2, 0) is 11.2 Å². The van der Waals surface area contributed by atoms with Gasteiger partial charge in [-0.15, -0.1) is 0 Å². The van der Waals surface area contributed by atoms with E-state index in [2.05, 4.69) is 10.6 Å². The molecule has 0 fully saturated rings. The number of hydrogen-bond acceptors (Lipinski definition) is 6. The van der Waals surface area contributed by atoms with Gasteiger partial charge in [-0.2, -0.15) is 0 Å². The summed E-state index contributed by atoms with van der Waals surface area (Å²) in [6.45, 7) is 1.82. The van der Waals surface area contributed by atoms with Gasteiger partial charge in [0.1, 0.15) is 0 Å².